The number of anilines is 1. The van der Waals surface area contributed by atoms with Crippen molar-refractivity contribution in [2.24, 2.45) is 0 Å². The summed E-state index contributed by atoms with van der Waals surface area (Å²) in [4.78, 5) is 38.7. The molecule has 3 amide bonds. The second-order valence-electron chi connectivity index (χ2n) is 6.09. The van der Waals surface area contributed by atoms with Crippen LogP contribution in [0.5, 0.6) is 0 Å². The van der Waals surface area contributed by atoms with Crippen LogP contribution in [0.1, 0.15) is 32.9 Å². The molecule has 0 saturated carbocycles. The Hall–Kier alpha value is -3.48. The zero-order valence-corrected chi connectivity index (χ0v) is 14.0. The van der Waals surface area contributed by atoms with Gasteiger partial charge in [-0.15, -0.1) is 0 Å². The Morgan fingerprint density at radius 1 is 1.12 bits per heavy atom. The van der Waals surface area contributed by atoms with Crippen molar-refractivity contribution >= 4 is 34.3 Å². The number of rotatable bonds is 4. The molecule has 0 saturated heterocycles. The first-order chi connectivity index (χ1) is 12.5. The average molecular weight is 349 g/mol. The van der Waals surface area contributed by atoms with Crippen LogP contribution >= 0.6 is 0 Å². The SMILES string of the molecule is Cc1cc(NC(=O)CCN2C(=O)c3cccc4cccc(c34)C2=O)no1. The molecule has 0 bridgehead atoms. The van der Waals surface area contributed by atoms with Crippen molar-refractivity contribution in [3.63, 3.8) is 0 Å². The molecule has 2 heterocycles. The fourth-order valence-electron chi connectivity index (χ4n) is 3.13. The molecule has 4 rings (SSSR count). The number of aryl methyl sites for hydroxylation is 1. The highest BCUT2D eigenvalue weighted by atomic mass is 16.5. The first-order valence-corrected chi connectivity index (χ1v) is 8.16. The van der Waals surface area contributed by atoms with Crippen molar-refractivity contribution in [1.82, 2.24) is 10.1 Å². The van der Waals surface area contributed by atoms with E-state index in [0.29, 0.717) is 28.1 Å². The first kappa shape index (κ1) is 16.0. The van der Waals surface area contributed by atoms with Crippen LogP contribution in [0.25, 0.3) is 10.8 Å². The summed E-state index contributed by atoms with van der Waals surface area (Å²) in [5.74, 6) is -0.241. The molecule has 1 aliphatic heterocycles. The number of nitrogens with one attached hydrogen (secondary N) is 1. The van der Waals surface area contributed by atoms with E-state index in [9.17, 15) is 14.4 Å². The number of carbonyl (C=O) groups is 3. The maximum absolute atomic E-state index is 12.7. The number of carbonyl (C=O) groups excluding carboxylic acids is 3. The summed E-state index contributed by atoms with van der Waals surface area (Å²) in [6.07, 6.45) is -0.0263. The summed E-state index contributed by atoms with van der Waals surface area (Å²) in [5.41, 5.74) is 0.954. The van der Waals surface area contributed by atoms with Gasteiger partial charge in [0.1, 0.15) is 5.76 Å². The molecule has 0 radical (unpaired) electrons. The van der Waals surface area contributed by atoms with Gasteiger partial charge in [-0.2, -0.15) is 0 Å². The molecule has 7 heteroatoms. The summed E-state index contributed by atoms with van der Waals surface area (Å²) in [5, 5.41) is 7.78. The third kappa shape index (κ3) is 2.63. The van der Waals surface area contributed by atoms with Gasteiger partial charge in [-0.3, -0.25) is 19.3 Å². The van der Waals surface area contributed by atoms with Gasteiger partial charge < -0.3 is 9.84 Å². The van der Waals surface area contributed by atoms with Crippen LogP contribution in [0.3, 0.4) is 0 Å². The second kappa shape index (κ2) is 6.11. The van der Waals surface area contributed by atoms with Crippen molar-refractivity contribution in [2.45, 2.75) is 13.3 Å². The quantitative estimate of drug-likeness (QED) is 0.731. The molecule has 0 aliphatic carbocycles. The molecule has 0 fully saturated rings. The third-order valence-corrected chi connectivity index (χ3v) is 4.31. The number of hydrogen-bond acceptors (Lipinski definition) is 5. The van der Waals surface area contributed by atoms with Crippen LogP contribution in [-0.4, -0.2) is 34.3 Å². The van der Waals surface area contributed by atoms with Gasteiger partial charge in [0.25, 0.3) is 11.8 Å². The van der Waals surface area contributed by atoms with E-state index in [4.69, 9.17) is 4.52 Å². The molecule has 1 N–H and O–H groups in total. The van der Waals surface area contributed by atoms with Gasteiger partial charge >= 0.3 is 0 Å². The highest BCUT2D eigenvalue weighted by molar-refractivity contribution is 6.25. The first-order valence-electron chi connectivity index (χ1n) is 8.16. The standard InChI is InChI=1S/C19H15N3O4/c1-11-10-15(21-26-11)20-16(23)8-9-22-18(24)13-6-2-4-12-5-3-7-14(17(12)13)19(22)25/h2-7,10H,8-9H2,1H3,(H,20,21,23). The smallest absolute Gasteiger partial charge is 0.261 e. The lowest BCUT2D eigenvalue weighted by Crippen LogP contribution is -2.41. The largest absolute Gasteiger partial charge is 0.360 e. The van der Waals surface area contributed by atoms with Crippen LogP contribution in [0.15, 0.2) is 47.0 Å². The number of amides is 3. The lowest BCUT2D eigenvalue weighted by molar-refractivity contribution is -0.116. The zero-order valence-electron chi connectivity index (χ0n) is 14.0. The molecule has 3 aromatic rings. The number of nitrogens with zero attached hydrogens (tertiary/aromatic N) is 2. The average Bonchev–Trinajstić information content (AvgIpc) is 3.04. The lowest BCUT2D eigenvalue weighted by Gasteiger charge is -2.26. The molecule has 7 nitrogen and oxygen atoms in total. The Morgan fingerprint density at radius 3 is 2.35 bits per heavy atom. The topological polar surface area (TPSA) is 92.5 Å². The highest BCUT2D eigenvalue weighted by Crippen LogP contribution is 2.29. The van der Waals surface area contributed by atoms with Gasteiger partial charge in [-0.1, -0.05) is 29.4 Å². The molecule has 1 aromatic heterocycles. The molecule has 2 aromatic carbocycles. The Bertz CT molecular complexity index is 1000. The van der Waals surface area contributed by atoms with Gasteiger partial charge in [-0.05, 0) is 24.4 Å². The Balaban J connectivity index is 1.54. The van der Waals surface area contributed by atoms with E-state index in [1.54, 1.807) is 37.3 Å². The van der Waals surface area contributed by atoms with Gasteiger partial charge in [0.2, 0.25) is 5.91 Å². The maximum atomic E-state index is 12.7. The Morgan fingerprint density at radius 2 is 1.77 bits per heavy atom. The predicted molar refractivity (Wildman–Crippen MR) is 93.8 cm³/mol. The number of imide groups is 1. The van der Waals surface area contributed by atoms with Crippen LogP contribution < -0.4 is 5.32 Å². The van der Waals surface area contributed by atoms with Crippen LogP contribution in [0.2, 0.25) is 0 Å². The molecular formula is C19H15N3O4. The molecular weight excluding hydrogens is 334 g/mol. The van der Waals surface area contributed by atoms with Crippen LogP contribution in [0, 0.1) is 6.92 Å². The maximum Gasteiger partial charge on any atom is 0.261 e. The summed E-state index contributed by atoms with van der Waals surface area (Å²) < 4.78 is 4.88. The van der Waals surface area contributed by atoms with Gasteiger partial charge in [0.15, 0.2) is 5.82 Å². The van der Waals surface area contributed by atoms with Crippen molar-refractivity contribution in [2.75, 3.05) is 11.9 Å². The Labute approximate surface area is 148 Å². The molecule has 130 valence electrons. The van der Waals surface area contributed by atoms with E-state index in [2.05, 4.69) is 10.5 Å². The fourth-order valence-corrected chi connectivity index (χ4v) is 3.13. The second-order valence-corrected chi connectivity index (χ2v) is 6.09. The minimum atomic E-state index is -0.385. The number of benzene rings is 2. The van der Waals surface area contributed by atoms with E-state index in [1.807, 2.05) is 12.1 Å². The van der Waals surface area contributed by atoms with Gasteiger partial charge in [-0.25, -0.2) is 0 Å². The van der Waals surface area contributed by atoms with Gasteiger partial charge in [0.05, 0.1) is 0 Å². The highest BCUT2D eigenvalue weighted by Gasteiger charge is 2.32. The minimum Gasteiger partial charge on any atom is -0.360 e. The van der Waals surface area contributed by atoms with Crippen molar-refractivity contribution in [3.05, 3.63) is 59.4 Å². The molecule has 0 unspecified atom stereocenters. The van der Waals surface area contributed by atoms with Crippen LogP contribution in [0.4, 0.5) is 5.82 Å². The normalized spacial score (nSPS) is 13.3. The van der Waals surface area contributed by atoms with E-state index >= 15 is 0 Å². The number of aromatic nitrogens is 1. The summed E-state index contributed by atoms with van der Waals surface area (Å²) in [6.45, 7) is 1.71. The lowest BCUT2D eigenvalue weighted by atomic mass is 9.94. The zero-order chi connectivity index (χ0) is 18.3. The third-order valence-electron chi connectivity index (χ3n) is 4.31. The molecule has 0 atom stereocenters. The van der Waals surface area contributed by atoms with Crippen LogP contribution in [-0.2, 0) is 4.79 Å². The van der Waals surface area contributed by atoms with Crippen molar-refractivity contribution < 1.29 is 18.9 Å². The minimum absolute atomic E-state index is 0.00887. The molecule has 1 aliphatic rings. The summed E-state index contributed by atoms with van der Waals surface area (Å²) in [6, 6.07) is 12.3. The van der Waals surface area contributed by atoms with Crippen molar-refractivity contribution in [1.29, 1.82) is 0 Å². The van der Waals surface area contributed by atoms with Gasteiger partial charge in [0, 0.05) is 35.5 Å². The van der Waals surface area contributed by atoms with E-state index in [0.717, 1.165) is 10.3 Å². The summed E-state index contributed by atoms with van der Waals surface area (Å²) in [7, 11) is 0. The van der Waals surface area contributed by atoms with E-state index < -0.39 is 0 Å². The van der Waals surface area contributed by atoms with Crippen molar-refractivity contribution in [3.8, 4) is 0 Å². The fraction of sp³-hybridized carbons (Fsp3) is 0.158. The molecule has 26 heavy (non-hydrogen) atoms. The predicted octanol–water partition coefficient (Wildman–Crippen LogP) is 2.76. The number of hydrogen-bond donors (Lipinski definition) is 1. The summed E-state index contributed by atoms with van der Waals surface area (Å²) >= 11 is 0. The van der Waals surface area contributed by atoms with E-state index in [-0.39, 0.29) is 30.7 Å². The monoisotopic (exact) mass is 349 g/mol. The Kier molecular flexibility index (Phi) is 3.76. The van der Waals surface area contributed by atoms with E-state index in [1.165, 1.54) is 0 Å². The molecule has 0 spiro atoms.